The first-order valence-corrected chi connectivity index (χ1v) is 16.2. The zero-order chi connectivity index (χ0) is 42.1. The van der Waals surface area contributed by atoms with E-state index in [1.807, 2.05) is 24.4 Å². The number of rotatable bonds is 3. The number of hydrogen-bond acceptors (Lipinski definition) is 3. The summed E-state index contributed by atoms with van der Waals surface area (Å²) in [6.07, 6.45) is 5.70. The molecule has 0 atom stereocenters. The van der Waals surface area contributed by atoms with Gasteiger partial charge in [-0.3, -0.25) is 0 Å². The van der Waals surface area contributed by atoms with Crippen LogP contribution in [0.3, 0.4) is 0 Å². The van der Waals surface area contributed by atoms with E-state index < -0.39 is 26.4 Å². The van der Waals surface area contributed by atoms with Gasteiger partial charge in [0.15, 0.2) is 0 Å². The van der Waals surface area contributed by atoms with E-state index in [0.29, 0.717) is 5.56 Å². The second kappa shape index (κ2) is 13.7. The molecule has 0 spiro atoms. The van der Waals surface area contributed by atoms with Gasteiger partial charge in [-0.05, 0) is 78.1 Å². The first kappa shape index (κ1) is 24.1. The molecule has 251 valence electrons. The molecule has 1 aliphatic carbocycles. The summed E-state index contributed by atoms with van der Waals surface area (Å²) in [5.74, 6) is -0.638. The molecular formula is C45H44IrN2O-2. The number of pyridine rings is 2. The Labute approximate surface area is 318 Å². The van der Waals surface area contributed by atoms with E-state index in [-0.39, 0.29) is 53.3 Å². The van der Waals surface area contributed by atoms with Crippen LogP contribution in [0.25, 0.3) is 55.2 Å². The predicted octanol–water partition coefficient (Wildman–Crippen LogP) is 12.4. The third-order valence-corrected chi connectivity index (χ3v) is 9.08. The Hall–Kier alpha value is -4.11. The molecule has 0 amide bonds. The van der Waals surface area contributed by atoms with Crippen molar-refractivity contribution >= 4 is 32.7 Å². The van der Waals surface area contributed by atoms with Crippen LogP contribution >= 0.6 is 0 Å². The van der Waals surface area contributed by atoms with Crippen LogP contribution in [0.15, 0.2) is 102 Å². The number of furan rings is 1. The summed E-state index contributed by atoms with van der Waals surface area (Å²) in [5, 5.41) is 4.45. The summed E-state index contributed by atoms with van der Waals surface area (Å²) in [6.45, 7) is 1.72. The van der Waals surface area contributed by atoms with Gasteiger partial charge in [-0.25, -0.2) is 0 Å². The van der Waals surface area contributed by atoms with Crippen LogP contribution in [0, 0.1) is 43.5 Å². The topological polar surface area (TPSA) is 38.9 Å². The van der Waals surface area contributed by atoms with Crippen LogP contribution in [0.1, 0.15) is 88.8 Å². The quantitative estimate of drug-likeness (QED) is 0.167. The van der Waals surface area contributed by atoms with Crippen molar-refractivity contribution in [2.45, 2.75) is 73.4 Å². The Bertz CT molecular complexity index is 2630. The maximum Gasteiger partial charge on any atom is 0.128 e. The monoisotopic (exact) mass is 831 g/mol. The first-order valence-electron chi connectivity index (χ1n) is 21.2. The van der Waals surface area contributed by atoms with Crippen molar-refractivity contribution in [3.8, 4) is 22.5 Å². The average Bonchev–Trinajstić information content (AvgIpc) is 3.52. The Kier molecular flexibility index (Phi) is 6.72. The molecule has 1 radical (unpaired) electrons. The van der Waals surface area contributed by atoms with Crippen molar-refractivity contribution < 1.29 is 38.2 Å². The summed E-state index contributed by atoms with van der Waals surface area (Å²) in [7, 11) is 0. The molecule has 3 aromatic heterocycles. The van der Waals surface area contributed by atoms with E-state index in [0.717, 1.165) is 69.6 Å². The van der Waals surface area contributed by atoms with Crippen LogP contribution in [-0.2, 0) is 20.1 Å². The van der Waals surface area contributed by atoms with Gasteiger partial charge < -0.3 is 14.4 Å². The van der Waals surface area contributed by atoms with E-state index in [2.05, 4.69) is 87.3 Å². The van der Waals surface area contributed by atoms with Gasteiger partial charge in [0, 0.05) is 57.0 Å². The van der Waals surface area contributed by atoms with Gasteiger partial charge in [0.05, 0.1) is 5.58 Å². The molecule has 1 fully saturated rings. The van der Waals surface area contributed by atoms with Gasteiger partial charge in [0.25, 0.3) is 0 Å². The number of hydrogen-bond donors (Lipinski definition) is 0. The molecule has 0 aliphatic heterocycles. The van der Waals surface area contributed by atoms with E-state index in [1.165, 1.54) is 29.7 Å². The minimum atomic E-state index is -2.61. The SMILES string of the molecule is [2H]C([2H])([2H])c1c[c-]c(-c2cc(C([2H])([2H])[2H])c(C([2H])([2H])[2H])cn2)cc1.[2H]C1(c2ccnc(-c3[c-]ccc4c3oc3c5ccccc5ccc43)c2)CC(C)(C)CC(C)(C)C1.[Ir]. The Balaban J connectivity index is 0.000000208. The van der Waals surface area contributed by atoms with Gasteiger partial charge in [0.2, 0.25) is 0 Å². The Morgan fingerprint density at radius 2 is 1.57 bits per heavy atom. The second-order valence-electron chi connectivity index (χ2n) is 14.4. The molecule has 0 saturated heterocycles. The Morgan fingerprint density at radius 3 is 2.33 bits per heavy atom. The van der Waals surface area contributed by atoms with Crippen molar-refractivity contribution in [1.82, 2.24) is 9.97 Å². The molecule has 0 bridgehead atoms. The molecule has 4 heteroatoms. The van der Waals surface area contributed by atoms with E-state index >= 15 is 0 Å². The summed E-state index contributed by atoms with van der Waals surface area (Å²) in [4.78, 5) is 8.72. The average molecular weight is 831 g/mol. The van der Waals surface area contributed by atoms with Gasteiger partial charge in [-0.15, -0.1) is 53.6 Å². The third kappa shape index (κ3) is 7.27. The molecule has 0 N–H and O–H groups in total. The fourth-order valence-corrected chi connectivity index (χ4v) is 7.48. The fraction of sp³-hybridized carbons (Fsp3) is 0.289. The Morgan fingerprint density at radius 1 is 0.776 bits per heavy atom. The minimum Gasteiger partial charge on any atom is -0.500 e. The third-order valence-electron chi connectivity index (χ3n) is 9.08. The zero-order valence-corrected chi connectivity index (χ0v) is 30.4. The predicted molar refractivity (Wildman–Crippen MR) is 200 cm³/mol. The van der Waals surface area contributed by atoms with Gasteiger partial charge in [0.1, 0.15) is 5.58 Å². The number of nitrogens with zero attached hydrogens (tertiary/aromatic N) is 2. The standard InChI is InChI=1S/C31H30NO.C14H14N.Ir/c1-30(2)17-22(18-31(3,4)19-30)21-14-15-32-27(16-21)26-11-7-10-24-25-13-12-20-8-5-6-9-23(20)28(25)33-29(24)26;1-10-4-6-13(7-5-10)14-8-11(2)12(3)9-15-14;/h5-10,12-16,22H,17-19H2,1-4H3;4-6,8-9H,1-3H3;/q2*-1;/i22D;1D3,2D3,3D3;. The number of aryl methyl sites for hydroxylation is 3. The largest absolute Gasteiger partial charge is 0.500 e. The normalized spacial score (nSPS) is 19.9. The molecule has 3 heterocycles. The van der Waals surface area contributed by atoms with Crippen molar-refractivity contribution in [2.75, 3.05) is 0 Å². The van der Waals surface area contributed by atoms with Gasteiger partial charge >= 0.3 is 0 Å². The molecule has 49 heavy (non-hydrogen) atoms. The molecule has 7 aromatic rings. The summed E-state index contributed by atoms with van der Waals surface area (Å²) in [5.41, 5.74) is 4.73. The van der Waals surface area contributed by atoms with Crippen LogP contribution in [0.5, 0.6) is 0 Å². The summed E-state index contributed by atoms with van der Waals surface area (Å²) in [6, 6.07) is 32.2. The molecule has 1 aliphatic rings. The van der Waals surface area contributed by atoms with Gasteiger partial charge in [-0.2, -0.15) is 0 Å². The van der Waals surface area contributed by atoms with E-state index in [1.54, 1.807) is 0 Å². The van der Waals surface area contributed by atoms with Crippen LogP contribution in [0.2, 0.25) is 0 Å². The van der Waals surface area contributed by atoms with Crippen molar-refractivity contribution in [3.63, 3.8) is 0 Å². The molecule has 4 aromatic carbocycles. The van der Waals surface area contributed by atoms with E-state index in [9.17, 15) is 1.37 Å². The number of aromatic nitrogens is 2. The molecule has 0 unspecified atom stereocenters. The molecular weight excluding hydrogens is 777 g/mol. The smallest absolute Gasteiger partial charge is 0.128 e. The van der Waals surface area contributed by atoms with Crippen LogP contribution < -0.4 is 0 Å². The zero-order valence-electron chi connectivity index (χ0n) is 38.0. The van der Waals surface area contributed by atoms with Crippen molar-refractivity contribution in [2.24, 2.45) is 10.8 Å². The number of fused-ring (bicyclic) bond motifs is 5. The van der Waals surface area contributed by atoms with Crippen LogP contribution in [0.4, 0.5) is 0 Å². The second-order valence-corrected chi connectivity index (χ2v) is 14.4. The summed E-state index contributed by atoms with van der Waals surface area (Å²) >= 11 is 0. The molecule has 8 rings (SSSR count). The van der Waals surface area contributed by atoms with Crippen molar-refractivity contribution in [1.29, 1.82) is 0 Å². The minimum absolute atomic E-state index is 0. The van der Waals surface area contributed by atoms with Crippen LogP contribution in [-0.4, -0.2) is 9.97 Å². The van der Waals surface area contributed by atoms with E-state index in [4.69, 9.17) is 21.7 Å². The number of benzene rings is 4. The molecule has 3 nitrogen and oxygen atoms in total. The fourth-order valence-electron chi connectivity index (χ4n) is 7.48. The first-order chi connectivity index (χ1) is 26.9. The maximum atomic E-state index is 9.51. The summed E-state index contributed by atoms with van der Waals surface area (Å²) < 4.78 is 82.9. The maximum absolute atomic E-state index is 9.51. The van der Waals surface area contributed by atoms with Gasteiger partial charge in [-0.1, -0.05) is 105 Å². The van der Waals surface area contributed by atoms with Crippen molar-refractivity contribution in [3.05, 3.63) is 132 Å². The molecule has 1 saturated carbocycles.